The maximum absolute atomic E-state index is 13.4. The van der Waals surface area contributed by atoms with Crippen LogP contribution in [0.3, 0.4) is 0 Å². The van der Waals surface area contributed by atoms with E-state index in [2.05, 4.69) is 10.1 Å². The lowest BCUT2D eigenvalue weighted by Crippen LogP contribution is -2.28. The number of nitrogens with zero attached hydrogens (tertiary/aromatic N) is 3. The first-order chi connectivity index (χ1) is 12.8. The van der Waals surface area contributed by atoms with Crippen molar-refractivity contribution in [1.82, 2.24) is 14.4 Å². The molecule has 144 valence electrons. The van der Waals surface area contributed by atoms with Gasteiger partial charge in [0.2, 0.25) is 15.8 Å². The molecule has 0 aliphatic heterocycles. The number of aromatic nitrogens is 2. The highest BCUT2D eigenvalue weighted by molar-refractivity contribution is 7.89. The molecule has 0 N–H and O–H groups in total. The van der Waals surface area contributed by atoms with E-state index in [-0.39, 0.29) is 16.6 Å². The zero-order valence-electron chi connectivity index (χ0n) is 15.3. The first-order valence-electron chi connectivity index (χ1n) is 8.49. The van der Waals surface area contributed by atoms with Crippen LogP contribution in [0, 0.1) is 12.7 Å². The lowest BCUT2D eigenvalue weighted by atomic mass is 10.2. The zero-order chi connectivity index (χ0) is 19.6. The summed E-state index contributed by atoms with van der Waals surface area (Å²) in [5.74, 6) is 0.0642. The zero-order valence-corrected chi connectivity index (χ0v) is 16.9. The molecule has 3 aromatic rings. The summed E-state index contributed by atoms with van der Waals surface area (Å²) in [5.41, 5.74) is 0.491. The molecular formula is C18H20FN3O3S2. The van der Waals surface area contributed by atoms with Crippen molar-refractivity contribution < 1.29 is 17.3 Å². The van der Waals surface area contributed by atoms with Crippen LogP contribution in [0.25, 0.3) is 22.2 Å². The third kappa shape index (κ3) is 4.10. The molecule has 0 fully saturated rings. The van der Waals surface area contributed by atoms with Gasteiger partial charge < -0.3 is 4.52 Å². The van der Waals surface area contributed by atoms with E-state index in [4.69, 9.17) is 4.52 Å². The number of aryl methyl sites for hydroxylation is 1. The van der Waals surface area contributed by atoms with E-state index in [9.17, 15) is 12.8 Å². The molecule has 0 atom stereocenters. The lowest BCUT2D eigenvalue weighted by Gasteiger charge is -2.16. The van der Waals surface area contributed by atoms with E-state index in [0.29, 0.717) is 21.9 Å². The molecule has 0 amide bonds. The molecule has 0 saturated heterocycles. The second-order valence-corrected chi connectivity index (χ2v) is 9.41. The Balaban J connectivity index is 1.91. The van der Waals surface area contributed by atoms with Crippen molar-refractivity contribution in [1.29, 1.82) is 0 Å². The van der Waals surface area contributed by atoms with Crippen molar-refractivity contribution in [2.24, 2.45) is 0 Å². The van der Waals surface area contributed by atoms with Gasteiger partial charge in [-0.25, -0.2) is 17.1 Å². The first-order valence-corrected chi connectivity index (χ1v) is 10.8. The maximum Gasteiger partial charge on any atom is 0.268 e. The number of unbranched alkanes of at least 4 members (excludes halogenated alkanes) is 1. The van der Waals surface area contributed by atoms with E-state index < -0.39 is 15.8 Å². The van der Waals surface area contributed by atoms with Gasteiger partial charge in [-0.05, 0) is 31.5 Å². The van der Waals surface area contributed by atoms with Gasteiger partial charge in [0, 0.05) is 24.0 Å². The van der Waals surface area contributed by atoms with Crippen LogP contribution in [-0.4, -0.2) is 36.5 Å². The average Bonchev–Trinajstić information content (AvgIpc) is 3.26. The van der Waals surface area contributed by atoms with Crippen molar-refractivity contribution in [3.63, 3.8) is 0 Å². The number of hydrogen-bond donors (Lipinski definition) is 0. The van der Waals surface area contributed by atoms with Gasteiger partial charge in [0.05, 0.1) is 9.77 Å². The van der Waals surface area contributed by atoms with Gasteiger partial charge in [0.25, 0.3) is 5.89 Å². The summed E-state index contributed by atoms with van der Waals surface area (Å²) in [6, 6.07) is 7.44. The summed E-state index contributed by atoms with van der Waals surface area (Å²) in [6.45, 7) is 4.23. The largest absolute Gasteiger partial charge is 0.333 e. The van der Waals surface area contributed by atoms with Gasteiger partial charge in [0.1, 0.15) is 5.82 Å². The molecule has 2 aromatic heterocycles. The molecule has 1 aromatic carbocycles. The molecule has 9 heteroatoms. The van der Waals surface area contributed by atoms with E-state index in [1.54, 1.807) is 32.2 Å². The molecule has 2 heterocycles. The smallest absolute Gasteiger partial charge is 0.268 e. The predicted molar refractivity (Wildman–Crippen MR) is 102 cm³/mol. The average molecular weight is 410 g/mol. The van der Waals surface area contributed by atoms with Crippen molar-refractivity contribution in [3.8, 4) is 22.2 Å². The van der Waals surface area contributed by atoms with Gasteiger partial charge in [-0.3, -0.25) is 0 Å². The third-order valence-corrected chi connectivity index (χ3v) is 7.26. The predicted octanol–water partition coefficient (Wildman–Crippen LogP) is 4.33. The first kappa shape index (κ1) is 19.7. The third-order valence-electron chi connectivity index (χ3n) is 4.11. The minimum absolute atomic E-state index is 0.208. The summed E-state index contributed by atoms with van der Waals surface area (Å²) < 4.78 is 45.6. The number of sulfonamides is 1. The van der Waals surface area contributed by atoms with Gasteiger partial charge in [0.15, 0.2) is 0 Å². The van der Waals surface area contributed by atoms with Crippen LogP contribution < -0.4 is 0 Å². The molecule has 27 heavy (non-hydrogen) atoms. The number of hydrogen-bond acceptors (Lipinski definition) is 6. The number of rotatable bonds is 7. The highest BCUT2D eigenvalue weighted by atomic mass is 32.2. The van der Waals surface area contributed by atoms with Gasteiger partial charge in [-0.15, -0.1) is 11.3 Å². The normalized spacial score (nSPS) is 12.0. The van der Waals surface area contributed by atoms with E-state index in [0.717, 1.165) is 12.8 Å². The Morgan fingerprint density at radius 2 is 2.07 bits per heavy atom. The Kier molecular flexibility index (Phi) is 5.73. The lowest BCUT2D eigenvalue weighted by molar-refractivity contribution is 0.433. The van der Waals surface area contributed by atoms with Crippen molar-refractivity contribution in [2.45, 2.75) is 31.6 Å². The van der Waals surface area contributed by atoms with Crippen molar-refractivity contribution in [2.75, 3.05) is 13.6 Å². The van der Waals surface area contributed by atoms with Crippen LogP contribution in [0.1, 0.15) is 24.6 Å². The second-order valence-electron chi connectivity index (χ2n) is 6.14. The highest BCUT2D eigenvalue weighted by Gasteiger charge is 2.26. The summed E-state index contributed by atoms with van der Waals surface area (Å²) in [6.07, 6.45) is 1.71. The Hall–Kier alpha value is -2.10. The topological polar surface area (TPSA) is 76.3 Å². The minimum Gasteiger partial charge on any atom is -0.333 e. The second kappa shape index (κ2) is 7.87. The van der Waals surface area contributed by atoms with Crippen LogP contribution in [0.4, 0.5) is 4.39 Å². The molecule has 0 aliphatic carbocycles. The van der Waals surface area contributed by atoms with Crippen LogP contribution >= 0.6 is 11.3 Å². The van der Waals surface area contributed by atoms with Gasteiger partial charge >= 0.3 is 0 Å². The summed E-state index contributed by atoms with van der Waals surface area (Å²) in [5, 5.41) is 3.87. The maximum atomic E-state index is 13.4. The van der Waals surface area contributed by atoms with Crippen molar-refractivity contribution >= 4 is 21.4 Å². The fourth-order valence-electron chi connectivity index (χ4n) is 2.56. The highest BCUT2D eigenvalue weighted by Crippen LogP contribution is 2.34. The van der Waals surface area contributed by atoms with Gasteiger partial charge in [-0.1, -0.05) is 30.6 Å². The summed E-state index contributed by atoms with van der Waals surface area (Å²) >= 11 is 1.27. The monoisotopic (exact) mass is 409 g/mol. The molecule has 0 aliphatic rings. The molecule has 6 nitrogen and oxygen atoms in total. The van der Waals surface area contributed by atoms with E-state index in [1.807, 2.05) is 6.92 Å². The molecule has 0 spiro atoms. The van der Waals surface area contributed by atoms with Crippen LogP contribution in [0.2, 0.25) is 0 Å². The SMILES string of the molecule is CCCCN(C)S(=O)(=O)c1cc(-c2nc(-c3cccc(F)c3)no2)sc1C. The Bertz CT molecular complexity index is 1040. The quantitative estimate of drug-likeness (QED) is 0.580. The molecule has 0 radical (unpaired) electrons. The number of benzene rings is 1. The van der Waals surface area contributed by atoms with Crippen molar-refractivity contribution in [3.05, 3.63) is 41.0 Å². The van der Waals surface area contributed by atoms with Gasteiger partial charge in [-0.2, -0.15) is 4.98 Å². The fraction of sp³-hybridized carbons (Fsp3) is 0.333. The molecule has 0 bridgehead atoms. The minimum atomic E-state index is -3.58. The summed E-state index contributed by atoms with van der Waals surface area (Å²) in [4.78, 5) is 5.73. The van der Waals surface area contributed by atoms with E-state index in [1.165, 1.54) is 27.8 Å². The number of thiophene rings is 1. The standard InChI is InChI=1S/C18H20FN3O3S2/c1-4-5-9-22(3)27(23,24)16-11-15(26-12(16)2)18-20-17(21-25-18)13-7-6-8-14(19)10-13/h6-8,10-11H,4-5,9H2,1-3H3. The van der Waals surface area contributed by atoms with E-state index >= 15 is 0 Å². The van der Waals surface area contributed by atoms with Crippen LogP contribution in [0.5, 0.6) is 0 Å². The molecular weight excluding hydrogens is 389 g/mol. The molecule has 0 saturated carbocycles. The summed E-state index contributed by atoms with van der Waals surface area (Å²) in [7, 11) is -2.00. The van der Waals surface area contributed by atoms with Crippen LogP contribution in [-0.2, 0) is 10.0 Å². The molecule has 0 unspecified atom stereocenters. The Morgan fingerprint density at radius 3 is 2.78 bits per heavy atom. The molecule has 3 rings (SSSR count). The Morgan fingerprint density at radius 1 is 1.30 bits per heavy atom. The van der Waals surface area contributed by atoms with Crippen LogP contribution in [0.15, 0.2) is 39.8 Å². The fourth-order valence-corrected chi connectivity index (χ4v) is 5.25. The number of halogens is 1. The Labute approximate surface area is 161 Å².